The van der Waals surface area contributed by atoms with Crippen molar-refractivity contribution in [2.24, 2.45) is 17.3 Å². The molecule has 2 aliphatic carbocycles. The van der Waals surface area contributed by atoms with Gasteiger partial charge in [-0.25, -0.2) is 0 Å². The molecular weight excluding hydrogens is 446 g/mol. The van der Waals surface area contributed by atoms with E-state index in [1.165, 1.54) is 19.8 Å². The quantitative estimate of drug-likeness (QED) is 0.523. The maximum Gasteiger partial charge on any atom is 0.303 e. The topological polar surface area (TPSA) is 85.3 Å². The Labute approximate surface area is 209 Å². The van der Waals surface area contributed by atoms with Crippen LogP contribution in [0.5, 0.6) is 11.5 Å². The van der Waals surface area contributed by atoms with Crippen molar-refractivity contribution < 1.29 is 28.9 Å². The second kappa shape index (κ2) is 10.8. The summed E-state index contributed by atoms with van der Waals surface area (Å²) in [5, 5.41) is 10.9. The number of hydrogen-bond acceptors (Lipinski definition) is 6. The van der Waals surface area contributed by atoms with E-state index < -0.39 is 23.6 Å². The van der Waals surface area contributed by atoms with Gasteiger partial charge in [0, 0.05) is 37.3 Å². The molecule has 0 aromatic heterocycles. The van der Waals surface area contributed by atoms with Gasteiger partial charge >= 0.3 is 5.97 Å². The first kappa shape index (κ1) is 25.8. The fraction of sp³-hybridized carbons (Fsp3) is 0.714. The van der Waals surface area contributed by atoms with E-state index in [0.29, 0.717) is 37.1 Å². The molecule has 1 aliphatic heterocycles. The van der Waals surface area contributed by atoms with Gasteiger partial charge in [0.15, 0.2) is 17.6 Å². The van der Waals surface area contributed by atoms with Gasteiger partial charge in [0.25, 0.3) is 5.91 Å². The summed E-state index contributed by atoms with van der Waals surface area (Å²) in [5.74, 6) is 1.41. The molecule has 4 atom stereocenters. The Morgan fingerprint density at radius 2 is 1.86 bits per heavy atom. The molecule has 0 radical (unpaired) electrons. The van der Waals surface area contributed by atoms with Gasteiger partial charge in [0.1, 0.15) is 0 Å². The molecule has 1 aromatic rings. The zero-order valence-electron chi connectivity index (χ0n) is 21.6. The van der Waals surface area contributed by atoms with Crippen molar-refractivity contribution in [2.75, 3.05) is 26.8 Å². The highest BCUT2D eigenvalue weighted by molar-refractivity contribution is 5.84. The number of ether oxygens (including phenoxy) is 3. The summed E-state index contributed by atoms with van der Waals surface area (Å²) >= 11 is 0. The average molecular weight is 488 g/mol. The molecule has 0 unspecified atom stereocenters. The van der Waals surface area contributed by atoms with Crippen LogP contribution in [-0.4, -0.2) is 60.9 Å². The monoisotopic (exact) mass is 487 g/mol. The highest BCUT2D eigenvalue weighted by Crippen LogP contribution is 2.47. The number of aliphatic hydroxyl groups excluding tert-OH is 1. The third kappa shape index (κ3) is 5.76. The molecule has 194 valence electrons. The van der Waals surface area contributed by atoms with Gasteiger partial charge in [-0.1, -0.05) is 32.3 Å². The average Bonchev–Trinajstić information content (AvgIpc) is 3.61. The van der Waals surface area contributed by atoms with Crippen molar-refractivity contribution in [3.63, 3.8) is 0 Å². The highest BCUT2D eigenvalue weighted by atomic mass is 16.5. The smallest absolute Gasteiger partial charge is 0.303 e. The first-order valence-corrected chi connectivity index (χ1v) is 13.2. The van der Waals surface area contributed by atoms with Crippen molar-refractivity contribution in [2.45, 2.75) is 83.8 Å². The molecule has 1 N–H and O–H groups in total. The van der Waals surface area contributed by atoms with E-state index in [4.69, 9.17) is 14.2 Å². The predicted molar refractivity (Wildman–Crippen MR) is 132 cm³/mol. The lowest BCUT2D eigenvalue weighted by molar-refractivity contribution is -0.163. The Morgan fingerprint density at radius 3 is 2.46 bits per heavy atom. The van der Waals surface area contributed by atoms with Crippen molar-refractivity contribution in [3.05, 3.63) is 23.8 Å². The summed E-state index contributed by atoms with van der Waals surface area (Å²) < 4.78 is 17.2. The number of hydrogen-bond donors (Lipinski definition) is 1. The van der Waals surface area contributed by atoms with Crippen molar-refractivity contribution in [1.82, 2.24) is 4.90 Å². The number of esters is 1. The first-order valence-electron chi connectivity index (χ1n) is 13.2. The Bertz CT molecular complexity index is 907. The van der Waals surface area contributed by atoms with E-state index >= 15 is 0 Å². The van der Waals surface area contributed by atoms with E-state index in [1.54, 1.807) is 18.9 Å². The molecule has 2 saturated carbocycles. The number of likely N-dealkylation sites (tertiary alicyclic amines) is 1. The van der Waals surface area contributed by atoms with Crippen LogP contribution in [0.4, 0.5) is 0 Å². The molecule has 7 nitrogen and oxygen atoms in total. The van der Waals surface area contributed by atoms with Gasteiger partial charge in [-0.15, -0.1) is 0 Å². The van der Waals surface area contributed by atoms with Crippen LogP contribution in [0.25, 0.3) is 0 Å². The molecule has 1 heterocycles. The molecule has 0 bridgehead atoms. The molecule has 4 rings (SSSR count). The van der Waals surface area contributed by atoms with E-state index in [-0.39, 0.29) is 17.7 Å². The molecule has 7 heteroatoms. The van der Waals surface area contributed by atoms with Crippen LogP contribution < -0.4 is 9.47 Å². The Kier molecular flexibility index (Phi) is 7.94. The molecule has 1 saturated heterocycles. The maximum absolute atomic E-state index is 13.7. The minimum atomic E-state index is -0.752. The molecule has 1 amide bonds. The van der Waals surface area contributed by atoms with Gasteiger partial charge in [-0.3, -0.25) is 9.59 Å². The van der Waals surface area contributed by atoms with Crippen LogP contribution in [0.3, 0.4) is 0 Å². The third-order valence-electron chi connectivity index (χ3n) is 8.37. The molecule has 3 aliphatic rings. The van der Waals surface area contributed by atoms with Crippen LogP contribution in [-0.2, 0) is 14.3 Å². The van der Waals surface area contributed by atoms with Crippen LogP contribution >= 0.6 is 0 Å². The van der Waals surface area contributed by atoms with E-state index in [0.717, 1.165) is 37.7 Å². The molecular formula is C28H41NO6. The number of benzene rings is 1. The van der Waals surface area contributed by atoms with Crippen molar-refractivity contribution in [1.29, 1.82) is 0 Å². The summed E-state index contributed by atoms with van der Waals surface area (Å²) in [7, 11) is 1.63. The summed E-state index contributed by atoms with van der Waals surface area (Å²) in [5.41, 5.74) is 0.461. The van der Waals surface area contributed by atoms with Crippen LogP contribution in [0, 0.1) is 17.3 Å². The Morgan fingerprint density at radius 1 is 1.14 bits per heavy atom. The lowest BCUT2D eigenvalue weighted by atomic mass is 9.72. The standard InChI is InChI=1S/C28H41NO6/c1-18(30)28(3)17-29(27(32)26(35-19(2)31)21-8-6-5-7-9-21)15-23(28)22-12-13-24(33-4)25(14-22)34-16-20-10-11-20/h12-14,18,20-21,23,26,30H,5-11,15-17H2,1-4H3/t18-,23+,26-,28-/m1/s1. The number of carbonyl (C=O) groups excluding carboxylic acids is 2. The number of carbonyl (C=O) groups is 2. The SMILES string of the molecule is COc1ccc([C@@H]2CN(C(=O)[C@H](OC(C)=O)C3CCCCC3)C[C@]2(C)[C@@H](C)O)cc1OCC1CC1. The minimum absolute atomic E-state index is 0.0559. The first-order chi connectivity index (χ1) is 16.7. The van der Waals surface area contributed by atoms with E-state index in [9.17, 15) is 14.7 Å². The fourth-order valence-corrected chi connectivity index (χ4v) is 5.75. The second-order valence-electron chi connectivity index (χ2n) is 11.0. The summed E-state index contributed by atoms with van der Waals surface area (Å²) in [4.78, 5) is 27.4. The molecule has 3 fully saturated rings. The zero-order chi connectivity index (χ0) is 25.2. The number of aliphatic hydroxyl groups is 1. The van der Waals surface area contributed by atoms with Crippen LogP contribution in [0.1, 0.15) is 77.2 Å². The maximum atomic E-state index is 13.7. The highest BCUT2D eigenvalue weighted by Gasteiger charge is 2.50. The van der Waals surface area contributed by atoms with Crippen molar-refractivity contribution >= 4 is 11.9 Å². The predicted octanol–water partition coefficient (Wildman–Crippen LogP) is 4.31. The van der Waals surface area contributed by atoms with Gasteiger partial charge in [-0.05, 0) is 56.2 Å². The molecule has 0 spiro atoms. The van der Waals surface area contributed by atoms with E-state index in [2.05, 4.69) is 0 Å². The van der Waals surface area contributed by atoms with E-state index in [1.807, 2.05) is 25.1 Å². The Balaban J connectivity index is 1.59. The number of amides is 1. The number of nitrogens with zero attached hydrogens (tertiary/aromatic N) is 1. The number of methoxy groups -OCH3 is 1. The summed E-state index contributed by atoms with van der Waals surface area (Å²) in [6, 6.07) is 5.92. The number of rotatable bonds is 9. The lowest BCUT2D eigenvalue weighted by Crippen LogP contribution is -2.46. The molecule has 1 aromatic carbocycles. The normalized spacial score (nSPS) is 26.8. The van der Waals surface area contributed by atoms with Gasteiger partial charge in [0.05, 0.1) is 19.8 Å². The van der Waals surface area contributed by atoms with Gasteiger partial charge < -0.3 is 24.2 Å². The largest absolute Gasteiger partial charge is 0.493 e. The summed E-state index contributed by atoms with van der Waals surface area (Å²) in [6.07, 6.45) is 6.08. The fourth-order valence-electron chi connectivity index (χ4n) is 5.75. The van der Waals surface area contributed by atoms with Gasteiger partial charge in [-0.2, -0.15) is 0 Å². The summed E-state index contributed by atoms with van der Waals surface area (Å²) in [6.45, 7) is 6.73. The lowest BCUT2D eigenvalue weighted by Gasteiger charge is -2.34. The molecule has 35 heavy (non-hydrogen) atoms. The second-order valence-corrected chi connectivity index (χ2v) is 11.0. The van der Waals surface area contributed by atoms with Crippen molar-refractivity contribution in [3.8, 4) is 11.5 Å². The third-order valence-corrected chi connectivity index (χ3v) is 8.37. The minimum Gasteiger partial charge on any atom is -0.493 e. The Hall–Kier alpha value is -2.28. The van der Waals surface area contributed by atoms with Crippen LogP contribution in [0.15, 0.2) is 18.2 Å². The zero-order valence-corrected chi connectivity index (χ0v) is 21.6. The van der Waals surface area contributed by atoms with Crippen LogP contribution in [0.2, 0.25) is 0 Å². The van der Waals surface area contributed by atoms with Gasteiger partial charge in [0.2, 0.25) is 0 Å².